The number of ether oxygens (including phenoxy) is 1. The molecule has 8 heteroatoms. The highest BCUT2D eigenvalue weighted by Crippen LogP contribution is 2.40. The van der Waals surface area contributed by atoms with Crippen LogP contribution in [0.25, 0.3) is 0 Å². The number of nitrogens with two attached hydrogens (primary N) is 1. The number of alkyl halides is 3. The normalized spacial score (nSPS) is 10.9. The summed E-state index contributed by atoms with van der Waals surface area (Å²) in [7, 11) is 1.03. The van der Waals surface area contributed by atoms with Gasteiger partial charge in [-0.25, -0.2) is 4.79 Å². The van der Waals surface area contributed by atoms with Crippen LogP contribution in [-0.2, 0) is 11.3 Å². The zero-order chi connectivity index (χ0) is 14.6. The number of hydrogen-bond donors (Lipinski definition) is 1. The molecular formula is C11H9F3N2O2S. The standard InChI is InChI=1S/C11H9F3N2O2S/c1-18-10(17)9-7(5-16)6(4-15)2-3-8(9)19-11(12,13)14/h2-3H,4,15H2,1H3. The number of halogens is 3. The molecule has 1 aromatic carbocycles. The second kappa shape index (κ2) is 5.95. The van der Waals surface area contributed by atoms with E-state index in [4.69, 9.17) is 11.0 Å². The average molecular weight is 290 g/mol. The van der Waals surface area contributed by atoms with Gasteiger partial charge in [0.1, 0.15) is 6.07 Å². The second-order valence-electron chi connectivity index (χ2n) is 3.33. The average Bonchev–Trinajstić information content (AvgIpc) is 2.35. The molecule has 2 N–H and O–H groups in total. The molecule has 4 nitrogen and oxygen atoms in total. The van der Waals surface area contributed by atoms with E-state index in [0.717, 1.165) is 13.2 Å². The molecule has 0 amide bonds. The predicted octanol–water partition coefficient (Wildman–Crippen LogP) is 2.42. The fraction of sp³-hybridized carbons (Fsp3) is 0.273. The van der Waals surface area contributed by atoms with E-state index in [9.17, 15) is 18.0 Å². The Bertz CT molecular complexity index is 538. The molecule has 0 radical (unpaired) electrons. The third kappa shape index (κ3) is 3.62. The lowest BCUT2D eigenvalue weighted by atomic mass is 10.0. The fourth-order valence-electron chi connectivity index (χ4n) is 1.44. The van der Waals surface area contributed by atoms with Crippen LogP contribution in [0.1, 0.15) is 21.5 Å². The van der Waals surface area contributed by atoms with Crippen LogP contribution in [0.3, 0.4) is 0 Å². The molecule has 0 heterocycles. The van der Waals surface area contributed by atoms with Crippen molar-refractivity contribution in [2.24, 2.45) is 5.73 Å². The van der Waals surface area contributed by atoms with Crippen molar-refractivity contribution in [3.05, 3.63) is 28.8 Å². The summed E-state index contributed by atoms with van der Waals surface area (Å²) in [5.74, 6) is -1.00. The Balaban J connectivity index is 3.48. The van der Waals surface area contributed by atoms with E-state index in [1.807, 2.05) is 0 Å². The molecule has 0 aromatic heterocycles. The summed E-state index contributed by atoms with van der Waals surface area (Å²) >= 11 is -0.473. The van der Waals surface area contributed by atoms with Gasteiger partial charge in [-0.3, -0.25) is 0 Å². The number of methoxy groups -OCH3 is 1. The van der Waals surface area contributed by atoms with Crippen molar-refractivity contribution >= 4 is 17.7 Å². The van der Waals surface area contributed by atoms with Crippen LogP contribution in [0.2, 0.25) is 0 Å². The first-order valence-corrected chi connectivity index (χ1v) is 5.75. The number of esters is 1. The van der Waals surface area contributed by atoms with Crippen molar-refractivity contribution in [2.75, 3.05) is 7.11 Å². The number of benzene rings is 1. The molecule has 1 rings (SSSR count). The number of hydrogen-bond acceptors (Lipinski definition) is 5. The first-order chi connectivity index (χ1) is 8.84. The van der Waals surface area contributed by atoms with Crippen LogP contribution in [0.5, 0.6) is 0 Å². The highest BCUT2D eigenvalue weighted by Gasteiger charge is 2.33. The van der Waals surface area contributed by atoms with Gasteiger partial charge in [0.2, 0.25) is 0 Å². The van der Waals surface area contributed by atoms with Gasteiger partial charge in [0.15, 0.2) is 0 Å². The molecule has 0 atom stereocenters. The Labute approximate surface area is 111 Å². The van der Waals surface area contributed by atoms with Crippen molar-refractivity contribution in [1.29, 1.82) is 5.26 Å². The van der Waals surface area contributed by atoms with Crippen LogP contribution in [-0.4, -0.2) is 18.6 Å². The van der Waals surface area contributed by atoms with Crippen LogP contribution in [0.15, 0.2) is 17.0 Å². The Kier molecular flexibility index (Phi) is 4.80. The van der Waals surface area contributed by atoms with Crippen molar-refractivity contribution in [3.8, 4) is 6.07 Å². The number of thioether (sulfide) groups is 1. The summed E-state index contributed by atoms with van der Waals surface area (Å²) in [6, 6.07) is 4.09. The summed E-state index contributed by atoms with van der Waals surface area (Å²) < 4.78 is 41.7. The largest absolute Gasteiger partial charge is 0.465 e. The Morgan fingerprint density at radius 1 is 1.53 bits per heavy atom. The molecule has 0 saturated heterocycles. The second-order valence-corrected chi connectivity index (χ2v) is 4.43. The van der Waals surface area contributed by atoms with Crippen LogP contribution < -0.4 is 5.73 Å². The Morgan fingerprint density at radius 3 is 2.58 bits per heavy atom. The topological polar surface area (TPSA) is 76.1 Å². The number of nitrogens with zero attached hydrogens (tertiary/aromatic N) is 1. The highest BCUT2D eigenvalue weighted by atomic mass is 32.2. The summed E-state index contributed by atoms with van der Waals surface area (Å²) in [5, 5.41) is 8.99. The van der Waals surface area contributed by atoms with E-state index in [-0.39, 0.29) is 22.6 Å². The van der Waals surface area contributed by atoms with Gasteiger partial charge in [0.25, 0.3) is 0 Å². The van der Waals surface area contributed by atoms with E-state index in [0.29, 0.717) is 0 Å². The minimum absolute atomic E-state index is 0.0656. The van der Waals surface area contributed by atoms with E-state index in [1.165, 1.54) is 6.07 Å². The molecule has 1 aromatic rings. The van der Waals surface area contributed by atoms with E-state index < -0.39 is 28.8 Å². The number of nitriles is 1. The van der Waals surface area contributed by atoms with Crippen molar-refractivity contribution < 1.29 is 22.7 Å². The maximum atomic E-state index is 12.4. The smallest absolute Gasteiger partial charge is 0.446 e. The SMILES string of the molecule is COC(=O)c1c(SC(F)(F)F)ccc(CN)c1C#N. The number of carbonyl (C=O) groups is 1. The Morgan fingerprint density at radius 2 is 2.16 bits per heavy atom. The molecule has 0 spiro atoms. The molecule has 0 aliphatic heterocycles. The number of rotatable bonds is 3. The van der Waals surface area contributed by atoms with E-state index >= 15 is 0 Å². The molecule has 0 fully saturated rings. The molecule has 0 saturated carbocycles. The van der Waals surface area contributed by atoms with Crippen LogP contribution in [0, 0.1) is 11.3 Å². The fourth-order valence-corrected chi connectivity index (χ4v) is 2.11. The molecule has 102 valence electrons. The van der Waals surface area contributed by atoms with Gasteiger partial charge >= 0.3 is 11.5 Å². The first-order valence-electron chi connectivity index (χ1n) is 4.94. The molecule has 0 bridgehead atoms. The maximum absolute atomic E-state index is 12.4. The third-order valence-electron chi connectivity index (χ3n) is 2.20. The van der Waals surface area contributed by atoms with Crippen molar-refractivity contribution in [2.45, 2.75) is 16.9 Å². The van der Waals surface area contributed by atoms with Gasteiger partial charge in [0, 0.05) is 11.4 Å². The molecule has 19 heavy (non-hydrogen) atoms. The first kappa shape index (κ1) is 15.3. The van der Waals surface area contributed by atoms with Gasteiger partial charge in [-0.1, -0.05) is 6.07 Å². The number of carbonyl (C=O) groups excluding carboxylic acids is 1. The molecular weight excluding hydrogens is 281 g/mol. The van der Waals surface area contributed by atoms with Crippen LogP contribution >= 0.6 is 11.8 Å². The monoisotopic (exact) mass is 290 g/mol. The van der Waals surface area contributed by atoms with Gasteiger partial charge in [-0.15, -0.1) is 0 Å². The van der Waals surface area contributed by atoms with Gasteiger partial charge in [0.05, 0.1) is 18.2 Å². The lowest BCUT2D eigenvalue weighted by Gasteiger charge is -2.13. The quantitative estimate of drug-likeness (QED) is 0.683. The minimum Gasteiger partial charge on any atom is -0.465 e. The maximum Gasteiger partial charge on any atom is 0.446 e. The predicted molar refractivity (Wildman–Crippen MR) is 62.3 cm³/mol. The zero-order valence-corrected chi connectivity index (χ0v) is 10.6. The zero-order valence-electron chi connectivity index (χ0n) is 9.75. The van der Waals surface area contributed by atoms with Crippen molar-refractivity contribution in [3.63, 3.8) is 0 Å². The summed E-state index contributed by atoms with van der Waals surface area (Å²) in [6.45, 7) is -0.0656. The molecule has 0 aliphatic rings. The lowest BCUT2D eigenvalue weighted by molar-refractivity contribution is -0.0328. The minimum atomic E-state index is -4.57. The summed E-state index contributed by atoms with van der Waals surface area (Å²) in [5.41, 5.74) is 0.500. The summed E-state index contributed by atoms with van der Waals surface area (Å²) in [6.07, 6.45) is 0. The highest BCUT2D eigenvalue weighted by molar-refractivity contribution is 8.00. The molecule has 0 unspecified atom stereocenters. The Hall–Kier alpha value is -1.72. The third-order valence-corrected chi connectivity index (χ3v) is 2.99. The van der Waals surface area contributed by atoms with Crippen LogP contribution in [0.4, 0.5) is 13.2 Å². The van der Waals surface area contributed by atoms with E-state index in [1.54, 1.807) is 6.07 Å². The lowest BCUT2D eigenvalue weighted by Crippen LogP contribution is -2.12. The summed E-state index contributed by atoms with van der Waals surface area (Å²) in [4.78, 5) is 11.2. The van der Waals surface area contributed by atoms with E-state index in [2.05, 4.69) is 4.74 Å². The van der Waals surface area contributed by atoms with Gasteiger partial charge in [-0.05, 0) is 23.4 Å². The van der Waals surface area contributed by atoms with Gasteiger partial charge in [-0.2, -0.15) is 18.4 Å². The van der Waals surface area contributed by atoms with Gasteiger partial charge < -0.3 is 10.5 Å². The van der Waals surface area contributed by atoms with Crippen molar-refractivity contribution in [1.82, 2.24) is 0 Å². The molecule has 0 aliphatic carbocycles.